The lowest BCUT2D eigenvalue weighted by atomic mass is 9.89. The third-order valence-corrected chi connectivity index (χ3v) is 2.65. The van der Waals surface area contributed by atoms with E-state index in [0.717, 1.165) is 37.5 Å². The van der Waals surface area contributed by atoms with Crippen molar-refractivity contribution in [1.82, 2.24) is 10.3 Å². The van der Waals surface area contributed by atoms with Crippen LogP contribution < -0.4 is 5.32 Å². The largest absolute Gasteiger partial charge is 0.445 e. The topological polar surface area (TPSA) is 61.9 Å². The Morgan fingerprint density at radius 1 is 1.47 bits per heavy atom. The number of nitriles is 1. The Kier molecular flexibility index (Phi) is 5.17. The van der Waals surface area contributed by atoms with Crippen molar-refractivity contribution in [2.45, 2.75) is 46.6 Å². The van der Waals surface area contributed by atoms with Gasteiger partial charge in [0.15, 0.2) is 0 Å². The molecular weight excluding hydrogens is 214 g/mol. The number of nitrogens with one attached hydrogen (secondary N) is 1. The Morgan fingerprint density at radius 3 is 2.82 bits per heavy atom. The lowest BCUT2D eigenvalue weighted by Gasteiger charge is -2.14. The fourth-order valence-electron chi connectivity index (χ4n) is 1.55. The number of rotatable bonds is 7. The highest BCUT2D eigenvalue weighted by molar-refractivity contribution is 4.91. The van der Waals surface area contributed by atoms with Crippen molar-refractivity contribution in [2.24, 2.45) is 5.41 Å². The summed E-state index contributed by atoms with van der Waals surface area (Å²) in [5.41, 5.74) is -0.195. The van der Waals surface area contributed by atoms with Crippen LogP contribution in [0, 0.1) is 23.7 Å². The number of nitrogens with zero attached hydrogens (tertiary/aromatic N) is 2. The van der Waals surface area contributed by atoms with Gasteiger partial charge in [-0.25, -0.2) is 4.98 Å². The minimum Gasteiger partial charge on any atom is -0.445 e. The zero-order chi connectivity index (χ0) is 12.7. The van der Waals surface area contributed by atoms with Crippen molar-refractivity contribution in [3.63, 3.8) is 0 Å². The molecule has 0 unspecified atom stereocenters. The molecule has 1 heterocycles. The summed E-state index contributed by atoms with van der Waals surface area (Å²) in [6.45, 7) is 7.46. The number of aromatic nitrogens is 1. The van der Waals surface area contributed by atoms with E-state index in [9.17, 15) is 0 Å². The molecule has 1 aromatic rings. The van der Waals surface area contributed by atoms with Crippen molar-refractivity contribution in [3.8, 4) is 6.07 Å². The molecule has 0 aliphatic carbocycles. The predicted octanol–water partition coefficient (Wildman–Crippen LogP) is 2.79. The molecule has 1 aromatic heterocycles. The van der Waals surface area contributed by atoms with Crippen LogP contribution in [0.1, 0.15) is 44.8 Å². The first-order valence-corrected chi connectivity index (χ1v) is 6.07. The molecule has 0 aliphatic heterocycles. The van der Waals surface area contributed by atoms with Gasteiger partial charge in [-0.1, -0.05) is 6.42 Å². The first-order chi connectivity index (χ1) is 8.03. The molecule has 94 valence electrons. The second-order valence-corrected chi connectivity index (χ2v) is 4.99. The van der Waals surface area contributed by atoms with E-state index in [4.69, 9.17) is 9.68 Å². The number of oxazole rings is 1. The van der Waals surface area contributed by atoms with E-state index in [1.165, 1.54) is 0 Å². The highest BCUT2D eigenvalue weighted by Gasteiger charge is 2.15. The van der Waals surface area contributed by atoms with Crippen LogP contribution >= 0.6 is 0 Å². The average molecular weight is 235 g/mol. The first-order valence-electron chi connectivity index (χ1n) is 6.07. The van der Waals surface area contributed by atoms with Gasteiger partial charge in [-0.15, -0.1) is 0 Å². The molecule has 0 aromatic carbocycles. The van der Waals surface area contributed by atoms with Crippen molar-refractivity contribution < 1.29 is 4.42 Å². The van der Waals surface area contributed by atoms with Gasteiger partial charge >= 0.3 is 0 Å². The summed E-state index contributed by atoms with van der Waals surface area (Å²) in [6.07, 6.45) is 4.82. The fourth-order valence-corrected chi connectivity index (χ4v) is 1.55. The first kappa shape index (κ1) is 13.7. The molecule has 0 aliphatic rings. The Bertz CT molecular complexity index is 376. The molecule has 0 saturated carbocycles. The van der Waals surface area contributed by atoms with Gasteiger partial charge in [-0.2, -0.15) is 5.26 Å². The number of aryl methyl sites for hydroxylation is 1. The second kappa shape index (κ2) is 6.41. The van der Waals surface area contributed by atoms with Gasteiger partial charge in [0.05, 0.1) is 24.2 Å². The van der Waals surface area contributed by atoms with E-state index in [2.05, 4.69) is 16.4 Å². The number of unbranched alkanes of at least 4 members (excludes halogenated alkanes) is 1. The molecular formula is C13H21N3O. The van der Waals surface area contributed by atoms with Crippen LogP contribution in [0.15, 0.2) is 10.6 Å². The molecule has 1 rings (SSSR count). The number of hydrogen-bond acceptors (Lipinski definition) is 4. The Balaban J connectivity index is 2.04. The predicted molar refractivity (Wildman–Crippen MR) is 66.2 cm³/mol. The fraction of sp³-hybridized carbons (Fsp3) is 0.692. The summed E-state index contributed by atoms with van der Waals surface area (Å²) in [4.78, 5) is 4.11. The van der Waals surface area contributed by atoms with Gasteiger partial charge in [-0.05, 0) is 40.2 Å². The van der Waals surface area contributed by atoms with Crippen LogP contribution in [-0.4, -0.2) is 11.5 Å². The van der Waals surface area contributed by atoms with E-state index >= 15 is 0 Å². The third-order valence-electron chi connectivity index (χ3n) is 2.65. The second-order valence-electron chi connectivity index (χ2n) is 4.99. The quantitative estimate of drug-likeness (QED) is 0.738. The van der Waals surface area contributed by atoms with Crippen LogP contribution in [0.4, 0.5) is 0 Å². The maximum absolute atomic E-state index is 8.86. The molecule has 1 N–H and O–H groups in total. The molecule has 0 fully saturated rings. The van der Waals surface area contributed by atoms with Crippen LogP contribution in [0.5, 0.6) is 0 Å². The molecule has 0 atom stereocenters. The average Bonchev–Trinajstić information content (AvgIpc) is 2.69. The van der Waals surface area contributed by atoms with Gasteiger partial charge in [0.25, 0.3) is 0 Å². The van der Waals surface area contributed by atoms with Gasteiger partial charge in [0.2, 0.25) is 5.89 Å². The van der Waals surface area contributed by atoms with Crippen LogP contribution in [0.2, 0.25) is 0 Å². The summed E-state index contributed by atoms with van der Waals surface area (Å²) in [5.74, 6) is 1.58. The maximum Gasteiger partial charge on any atom is 0.208 e. The van der Waals surface area contributed by atoms with Crippen LogP contribution in [-0.2, 0) is 6.54 Å². The van der Waals surface area contributed by atoms with Gasteiger partial charge in [0, 0.05) is 0 Å². The van der Waals surface area contributed by atoms with E-state index < -0.39 is 0 Å². The van der Waals surface area contributed by atoms with Crippen LogP contribution in [0.3, 0.4) is 0 Å². The van der Waals surface area contributed by atoms with Crippen molar-refractivity contribution in [1.29, 1.82) is 5.26 Å². The zero-order valence-corrected chi connectivity index (χ0v) is 10.9. The van der Waals surface area contributed by atoms with Crippen LogP contribution in [0.25, 0.3) is 0 Å². The Hall–Kier alpha value is -1.34. The van der Waals surface area contributed by atoms with Gasteiger partial charge in [0.1, 0.15) is 5.76 Å². The molecule has 0 bridgehead atoms. The minimum absolute atomic E-state index is 0.195. The highest BCUT2D eigenvalue weighted by atomic mass is 16.4. The molecule has 4 heteroatoms. The molecule has 17 heavy (non-hydrogen) atoms. The summed E-state index contributed by atoms with van der Waals surface area (Å²) in [7, 11) is 0. The van der Waals surface area contributed by atoms with Crippen molar-refractivity contribution in [3.05, 3.63) is 17.8 Å². The van der Waals surface area contributed by atoms with Crippen molar-refractivity contribution >= 4 is 0 Å². The maximum atomic E-state index is 8.86. The SMILES string of the molecule is Cc1cnc(CNCCCCC(C)(C)C#N)o1. The summed E-state index contributed by atoms with van der Waals surface area (Å²) in [5, 5.41) is 12.1. The molecule has 0 spiro atoms. The lowest BCUT2D eigenvalue weighted by Crippen LogP contribution is -2.16. The van der Waals surface area contributed by atoms with E-state index in [1.807, 2.05) is 20.8 Å². The number of hydrogen-bond donors (Lipinski definition) is 1. The molecule has 4 nitrogen and oxygen atoms in total. The minimum atomic E-state index is -0.195. The van der Waals surface area contributed by atoms with Gasteiger partial charge < -0.3 is 9.73 Å². The zero-order valence-electron chi connectivity index (χ0n) is 10.9. The molecule has 0 saturated heterocycles. The monoisotopic (exact) mass is 235 g/mol. The van der Waals surface area contributed by atoms with E-state index in [1.54, 1.807) is 6.20 Å². The Labute approximate surface area is 103 Å². The third kappa shape index (κ3) is 5.50. The summed E-state index contributed by atoms with van der Waals surface area (Å²) in [6, 6.07) is 2.32. The lowest BCUT2D eigenvalue weighted by molar-refractivity contribution is 0.413. The smallest absolute Gasteiger partial charge is 0.208 e. The summed E-state index contributed by atoms with van der Waals surface area (Å²) < 4.78 is 5.35. The summed E-state index contributed by atoms with van der Waals surface area (Å²) >= 11 is 0. The molecule has 0 amide bonds. The Morgan fingerprint density at radius 2 is 2.24 bits per heavy atom. The molecule has 0 radical (unpaired) electrons. The highest BCUT2D eigenvalue weighted by Crippen LogP contribution is 2.21. The van der Waals surface area contributed by atoms with Gasteiger partial charge in [-0.3, -0.25) is 0 Å². The standard InChI is InChI=1S/C13H21N3O/c1-11-8-16-12(17-11)9-15-7-5-4-6-13(2,3)10-14/h8,15H,4-7,9H2,1-3H3. The van der Waals surface area contributed by atoms with E-state index in [0.29, 0.717) is 6.54 Å². The van der Waals surface area contributed by atoms with Crippen molar-refractivity contribution in [2.75, 3.05) is 6.54 Å². The normalized spacial score (nSPS) is 11.4. The van der Waals surface area contributed by atoms with E-state index in [-0.39, 0.29) is 5.41 Å².